The lowest BCUT2D eigenvalue weighted by Gasteiger charge is -2.25. The van der Waals surface area contributed by atoms with Gasteiger partial charge in [0.25, 0.3) is 0 Å². The number of nitrogens with one attached hydrogen (secondary N) is 1. The Labute approximate surface area is 108 Å². The number of rotatable bonds is 4. The van der Waals surface area contributed by atoms with Crippen LogP contribution >= 0.6 is 0 Å². The van der Waals surface area contributed by atoms with E-state index < -0.39 is 0 Å². The van der Waals surface area contributed by atoms with Crippen molar-refractivity contribution in [3.05, 3.63) is 12.1 Å². The molecule has 4 nitrogen and oxygen atoms in total. The van der Waals surface area contributed by atoms with Crippen molar-refractivity contribution in [1.82, 2.24) is 0 Å². The summed E-state index contributed by atoms with van der Waals surface area (Å²) in [5, 5.41) is 3.49. The van der Waals surface area contributed by atoms with E-state index in [1.54, 1.807) is 0 Å². The second-order valence-corrected chi connectivity index (χ2v) is 4.99. The van der Waals surface area contributed by atoms with E-state index in [1.165, 1.54) is 0 Å². The van der Waals surface area contributed by atoms with Crippen LogP contribution < -0.4 is 20.5 Å². The van der Waals surface area contributed by atoms with E-state index in [0.29, 0.717) is 30.9 Å². The largest absolute Gasteiger partial charge is 0.486 e. The Morgan fingerprint density at radius 3 is 2.39 bits per heavy atom. The van der Waals surface area contributed by atoms with Gasteiger partial charge in [-0.05, 0) is 12.3 Å². The lowest BCUT2D eigenvalue weighted by molar-refractivity contribution is 0.172. The minimum atomic E-state index is 0.412. The average molecular weight is 250 g/mol. The Morgan fingerprint density at radius 2 is 1.83 bits per heavy atom. The number of nitrogens with two attached hydrogens (primary N) is 1. The number of hydrogen-bond donors (Lipinski definition) is 2. The SMILES string of the molecule is CCC(Nc1cc2c(cc1N)OCCO2)C(C)C. The molecule has 0 aliphatic carbocycles. The summed E-state index contributed by atoms with van der Waals surface area (Å²) in [7, 11) is 0. The Bertz CT molecular complexity index is 419. The van der Waals surface area contributed by atoms with Crippen molar-refractivity contribution in [3.8, 4) is 11.5 Å². The van der Waals surface area contributed by atoms with Crippen LogP contribution in [0.4, 0.5) is 11.4 Å². The first-order valence-corrected chi connectivity index (χ1v) is 6.57. The predicted octanol–water partition coefficient (Wildman–Crippen LogP) is 2.89. The number of fused-ring (bicyclic) bond motifs is 1. The fourth-order valence-corrected chi connectivity index (χ4v) is 2.17. The van der Waals surface area contributed by atoms with E-state index >= 15 is 0 Å². The molecule has 1 unspecified atom stereocenters. The van der Waals surface area contributed by atoms with Crippen LogP contribution in [0.3, 0.4) is 0 Å². The van der Waals surface area contributed by atoms with Gasteiger partial charge in [0.05, 0.1) is 11.4 Å². The Morgan fingerprint density at radius 1 is 1.22 bits per heavy atom. The Kier molecular flexibility index (Phi) is 3.84. The minimum Gasteiger partial charge on any atom is -0.486 e. The van der Waals surface area contributed by atoms with Gasteiger partial charge in [-0.25, -0.2) is 0 Å². The molecule has 0 saturated carbocycles. The van der Waals surface area contributed by atoms with Crippen molar-refractivity contribution in [2.24, 2.45) is 5.92 Å². The summed E-state index contributed by atoms with van der Waals surface area (Å²) in [5.41, 5.74) is 7.69. The van der Waals surface area contributed by atoms with E-state index in [2.05, 4.69) is 26.1 Å². The normalized spacial score (nSPS) is 15.6. The van der Waals surface area contributed by atoms with Crippen molar-refractivity contribution < 1.29 is 9.47 Å². The highest BCUT2D eigenvalue weighted by Crippen LogP contribution is 2.37. The highest BCUT2D eigenvalue weighted by atomic mass is 16.6. The van der Waals surface area contributed by atoms with Gasteiger partial charge in [0.2, 0.25) is 0 Å². The maximum absolute atomic E-state index is 6.05. The molecular formula is C14H22N2O2. The van der Waals surface area contributed by atoms with Crippen molar-refractivity contribution in [1.29, 1.82) is 0 Å². The molecule has 0 bridgehead atoms. The van der Waals surface area contributed by atoms with Gasteiger partial charge in [-0.3, -0.25) is 0 Å². The van der Waals surface area contributed by atoms with Crippen LogP contribution in [0.5, 0.6) is 11.5 Å². The van der Waals surface area contributed by atoms with Crippen LogP contribution in [0.1, 0.15) is 27.2 Å². The van der Waals surface area contributed by atoms with Gasteiger partial charge in [0, 0.05) is 18.2 Å². The summed E-state index contributed by atoms with van der Waals surface area (Å²) in [5.74, 6) is 2.07. The number of anilines is 2. The average Bonchev–Trinajstić information content (AvgIpc) is 2.35. The predicted molar refractivity (Wildman–Crippen MR) is 74.4 cm³/mol. The van der Waals surface area contributed by atoms with Crippen molar-refractivity contribution in [3.63, 3.8) is 0 Å². The molecule has 4 heteroatoms. The Balaban J connectivity index is 2.22. The molecule has 1 heterocycles. The van der Waals surface area contributed by atoms with Gasteiger partial charge in [-0.2, -0.15) is 0 Å². The van der Waals surface area contributed by atoms with Gasteiger partial charge in [0.1, 0.15) is 13.2 Å². The molecule has 0 spiro atoms. The second-order valence-electron chi connectivity index (χ2n) is 4.99. The lowest BCUT2D eigenvalue weighted by atomic mass is 10.0. The molecule has 0 saturated heterocycles. The number of ether oxygens (including phenoxy) is 2. The number of hydrogen-bond acceptors (Lipinski definition) is 4. The van der Waals surface area contributed by atoms with Crippen LogP contribution in [-0.4, -0.2) is 19.3 Å². The van der Waals surface area contributed by atoms with E-state index in [1.807, 2.05) is 12.1 Å². The van der Waals surface area contributed by atoms with Gasteiger partial charge >= 0.3 is 0 Å². The highest BCUT2D eigenvalue weighted by molar-refractivity contribution is 5.72. The molecule has 0 amide bonds. The summed E-state index contributed by atoms with van der Waals surface area (Å²) in [6.07, 6.45) is 1.06. The van der Waals surface area contributed by atoms with Gasteiger partial charge in [-0.15, -0.1) is 0 Å². The van der Waals surface area contributed by atoms with Crippen LogP contribution in [0, 0.1) is 5.92 Å². The van der Waals surface area contributed by atoms with Crippen LogP contribution in [0.25, 0.3) is 0 Å². The van der Waals surface area contributed by atoms with Crippen molar-refractivity contribution in [2.45, 2.75) is 33.2 Å². The molecule has 100 valence electrons. The van der Waals surface area contributed by atoms with Gasteiger partial charge in [-0.1, -0.05) is 20.8 Å². The first-order chi connectivity index (χ1) is 8.61. The van der Waals surface area contributed by atoms with Crippen LogP contribution in [0.2, 0.25) is 0 Å². The summed E-state index contributed by atoms with van der Waals surface area (Å²) >= 11 is 0. The molecule has 1 atom stereocenters. The zero-order valence-corrected chi connectivity index (χ0v) is 11.3. The quantitative estimate of drug-likeness (QED) is 0.807. The standard InChI is InChI=1S/C14H22N2O2/c1-4-11(9(2)3)16-12-8-14-13(7-10(12)15)17-5-6-18-14/h7-9,11,16H,4-6,15H2,1-3H3. The number of nitrogen functional groups attached to an aromatic ring is 1. The van der Waals surface area contributed by atoms with Crippen molar-refractivity contribution >= 4 is 11.4 Å². The maximum atomic E-state index is 6.05. The third kappa shape index (κ3) is 2.63. The lowest BCUT2D eigenvalue weighted by Crippen LogP contribution is -2.25. The summed E-state index contributed by atoms with van der Waals surface area (Å²) in [6, 6.07) is 4.19. The summed E-state index contributed by atoms with van der Waals surface area (Å²) in [4.78, 5) is 0. The first kappa shape index (κ1) is 12.9. The van der Waals surface area contributed by atoms with E-state index in [-0.39, 0.29) is 0 Å². The molecule has 1 aromatic rings. The summed E-state index contributed by atoms with van der Waals surface area (Å²) in [6.45, 7) is 7.76. The molecule has 1 aliphatic rings. The minimum absolute atomic E-state index is 0.412. The first-order valence-electron chi connectivity index (χ1n) is 6.57. The van der Waals surface area contributed by atoms with E-state index in [4.69, 9.17) is 15.2 Å². The fourth-order valence-electron chi connectivity index (χ4n) is 2.17. The zero-order valence-electron chi connectivity index (χ0n) is 11.3. The molecule has 0 radical (unpaired) electrons. The van der Waals surface area contributed by atoms with Gasteiger partial charge < -0.3 is 20.5 Å². The molecular weight excluding hydrogens is 228 g/mol. The summed E-state index contributed by atoms with van der Waals surface area (Å²) < 4.78 is 11.1. The van der Waals surface area contributed by atoms with E-state index in [9.17, 15) is 0 Å². The Hall–Kier alpha value is -1.58. The molecule has 2 rings (SSSR count). The molecule has 3 N–H and O–H groups in total. The van der Waals surface area contributed by atoms with Gasteiger partial charge in [0.15, 0.2) is 11.5 Å². The smallest absolute Gasteiger partial charge is 0.163 e. The van der Waals surface area contributed by atoms with Crippen LogP contribution in [-0.2, 0) is 0 Å². The van der Waals surface area contributed by atoms with Crippen molar-refractivity contribution in [2.75, 3.05) is 24.3 Å². The maximum Gasteiger partial charge on any atom is 0.163 e. The highest BCUT2D eigenvalue weighted by Gasteiger charge is 2.17. The van der Waals surface area contributed by atoms with E-state index in [0.717, 1.165) is 23.6 Å². The van der Waals surface area contributed by atoms with Crippen LogP contribution in [0.15, 0.2) is 12.1 Å². The third-order valence-electron chi connectivity index (χ3n) is 3.30. The second kappa shape index (κ2) is 5.38. The zero-order chi connectivity index (χ0) is 13.1. The molecule has 1 aliphatic heterocycles. The topological polar surface area (TPSA) is 56.5 Å². The molecule has 0 fully saturated rings. The number of benzene rings is 1. The monoisotopic (exact) mass is 250 g/mol. The molecule has 18 heavy (non-hydrogen) atoms. The molecule has 0 aromatic heterocycles. The fraction of sp³-hybridized carbons (Fsp3) is 0.571. The molecule has 1 aromatic carbocycles. The third-order valence-corrected chi connectivity index (χ3v) is 3.30.